The topological polar surface area (TPSA) is 16.4 Å². The van der Waals surface area contributed by atoms with E-state index in [4.69, 9.17) is 4.42 Å². The molecule has 9 aromatic rings. The lowest BCUT2D eigenvalue weighted by Gasteiger charge is -2.28. The van der Waals surface area contributed by atoms with Gasteiger partial charge in [0.25, 0.3) is 0 Å². The standard InChI is InChI=1S/C46H31NO/c1-3-11-32(12-4-1)34-21-25-39(26-22-34)47(40-27-23-35(24-28-40)38-20-19-33-13-7-8-16-37(33)29-38)44-31-46-43(41-17-9-10-18-45(41)48-46)30-42(44)36-14-5-2-6-15-36/h1-31H. The molecule has 0 bridgehead atoms. The van der Waals surface area contributed by atoms with Crippen molar-refractivity contribution < 1.29 is 4.42 Å². The molecule has 0 aliphatic carbocycles. The van der Waals surface area contributed by atoms with Crippen LogP contribution in [-0.4, -0.2) is 0 Å². The van der Waals surface area contributed by atoms with Gasteiger partial charge in [-0.3, -0.25) is 0 Å². The van der Waals surface area contributed by atoms with Crippen molar-refractivity contribution in [3.05, 3.63) is 188 Å². The molecule has 1 aromatic heterocycles. The Morgan fingerprint density at radius 1 is 0.333 bits per heavy atom. The van der Waals surface area contributed by atoms with Gasteiger partial charge in [-0.25, -0.2) is 0 Å². The lowest BCUT2D eigenvalue weighted by Crippen LogP contribution is -2.11. The van der Waals surface area contributed by atoms with E-state index >= 15 is 0 Å². The van der Waals surface area contributed by atoms with Gasteiger partial charge in [0.15, 0.2) is 0 Å². The number of anilines is 3. The van der Waals surface area contributed by atoms with Crippen LogP contribution < -0.4 is 4.90 Å². The molecule has 0 fully saturated rings. The Morgan fingerprint density at radius 3 is 1.58 bits per heavy atom. The van der Waals surface area contributed by atoms with Crippen molar-refractivity contribution in [3.8, 4) is 33.4 Å². The summed E-state index contributed by atoms with van der Waals surface area (Å²) in [6.45, 7) is 0. The van der Waals surface area contributed by atoms with Gasteiger partial charge < -0.3 is 9.32 Å². The van der Waals surface area contributed by atoms with Crippen molar-refractivity contribution in [1.82, 2.24) is 0 Å². The predicted octanol–water partition coefficient (Wildman–Crippen LogP) is 13.2. The number of rotatable bonds is 6. The summed E-state index contributed by atoms with van der Waals surface area (Å²) in [4.78, 5) is 2.36. The van der Waals surface area contributed by atoms with Crippen LogP contribution in [0.3, 0.4) is 0 Å². The molecule has 2 nitrogen and oxygen atoms in total. The van der Waals surface area contributed by atoms with E-state index < -0.39 is 0 Å². The van der Waals surface area contributed by atoms with Crippen LogP contribution in [0, 0.1) is 0 Å². The first-order chi connectivity index (χ1) is 23.8. The smallest absolute Gasteiger partial charge is 0.137 e. The molecule has 0 atom stereocenters. The first-order valence-electron chi connectivity index (χ1n) is 16.3. The largest absolute Gasteiger partial charge is 0.456 e. The van der Waals surface area contributed by atoms with E-state index in [1.165, 1.54) is 33.0 Å². The number of benzene rings is 8. The number of para-hydroxylation sites is 1. The first-order valence-corrected chi connectivity index (χ1v) is 16.3. The molecule has 48 heavy (non-hydrogen) atoms. The molecule has 0 N–H and O–H groups in total. The zero-order chi connectivity index (χ0) is 31.9. The Hall–Kier alpha value is -6.38. The minimum absolute atomic E-state index is 0.865. The molecule has 9 rings (SSSR count). The summed E-state index contributed by atoms with van der Waals surface area (Å²) >= 11 is 0. The summed E-state index contributed by atoms with van der Waals surface area (Å²) in [7, 11) is 0. The number of hydrogen-bond donors (Lipinski definition) is 0. The Balaban J connectivity index is 1.23. The quantitative estimate of drug-likeness (QED) is 0.185. The molecule has 0 aliphatic heterocycles. The number of nitrogens with zero attached hydrogens (tertiary/aromatic N) is 1. The van der Waals surface area contributed by atoms with Gasteiger partial charge in [-0.15, -0.1) is 0 Å². The van der Waals surface area contributed by atoms with Gasteiger partial charge in [-0.05, 0) is 81.1 Å². The highest BCUT2D eigenvalue weighted by molar-refractivity contribution is 6.09. The van der Waals surface area contributed by atoms with Crippen LogP contribution in [0.5, 0.6) is 0 Å². The minimum atomic E-state index is 0.865. The molecule has 0 unspecified atom stereocenters. The lowest BCUT2D eigenvalue weighted by molar-refractivity contribution is 0.669. The number of fused-ring (bicyclic) bond motifs is 4. The Bertz CT molecular complexity index is 2530. The molecule has 0 saturated carbocycles. The third-order valence-electron chi connectivity index (χ3n) is 9.26. The van der Waals surface area contributed by atoms with Crippen molar-refractivity contribution in [2.45, 2.75) is 0 Å². The van der Waals surface area contributed by atoms with Gasteiger partial charge in [0.1, 0.15) is 11.2 Å². The van der Waals surface area contributed by atoms with E-state index in [9.17, 15) is 0 Å². The summed E-state index contributed by atoms with van der Waals surface area (Å²) < 4.78 is 6.47. The van der Waals surface area contributed by atoms with Crippen LogP contribution in [-0.2, 0) is 0 Å². The zero-order valence-electron chi connectivity index (χ0n) is 26.3. The third-order valence-corrected chi connectivity index (χ3v) is 9.26. The minimum Gasteiger partial charge on any atom is -0.456 e. The molecule has 2 heteroatoms. The highest BCUT2D eigenvalue weighted by Crippen LogP contribution is 2.45. The summed E-state index contributed by atoms with van der Waals surface area (Å²) in [5, 5.41) is 4.72. The maximum absolute atomic E-state index is 6.47. The second-order valence-electron chi connectivity index (χ2n) is 12.2. The van der Waals surface area contributed by atoms with Gasteiger partial charge in [-0.1, -0.05) is 140 Å². The molecule has 1 heterocycles. The SMILES string of the molecule is c1ccc(-c2ccc(N(c3ccc(-c4ccc5ccccc5c4)cc3)c3cc4oc5ccccc5c4cc3-c3ccccc3)cc2)cc1. The summed E-state index contributed by atoms with van der Waals surface area (Å²) in [5.74, 6) is 0. The number of furan rings is 1. The second-order valence-corrected chi connectivity index (χ2v) is 12.2. The Morgan fingerprint density at radius 2 is 0.875 bits per heavy atom. The normalized spacial score (nSPS) is 11.3. The maximum atomic E-state index is 6.47. The highest BCUT2D eigenvalue weighted by Gasteiger charge is 2.21. The molecule has 0 spiro atoms. The highest BCUT2D eigenvalue weighted by atomic mass is 16.3. The fourth-order valence-corrected chi connectivity index (χ4v) is 6.83. The van der Waals surface area contributed by atoms with E-state index in [0.29, 0.717) is 0 Å². The van der Waals surface area contributed by atoms with E-state index in [1.54, 1.807) is 0 Å². The molecule has 0 aliphatic rings. The van der Waals surface area contributed by atoms with Crippen molar-refractivity contribution in [2.75, 3.05) is 4.90 Å². The van der Waals surface area contributed by atoms with Crippen molar-refractivity contribution in [3.63, 3.8) is 0 Å². The predicted molar refractivity (Wildman–Crippen MR) is 202 cm³/mol. The molecular formula is C46H31NO. The zero-order valence-corrected chi connectivity index (χ0v) is 26.3. The molecule has 226 valence electrons. The average Bonchev–Trinajstić information content (AvgIpc) is 3.53. The summed E-state index contributed by atoms with van der Waals surface area (Å²) in [6.07, 6.45) is 0. The van der Waals surface area contributed by atoms with E-state index in [2.05, 4.69) is 181 Å². The van der Waals surface area contributed by atoms with Gasteiger partial charge in [0, 0.05) is 33.8 Å². The van der Waals surface area contributed by atoms with Crippen LogP contribution in [0.2, 0.25) is 0 Å². The Labute approximate surface area is 279 Å². The van der Waals surface area contributed by atoms with Crippen LogP contribution >= 0.6 is 0 Å². The average molecular weight is 614 g/mol. The second kappa shape index (κ2) is 11.8. The molecule has 0 amide bonds. The van der Waals surface area contributed by atoms with Gasteiger partial charge in [0.2, 0.25) is 0 Å². The van der Waals surface area contributed by atoms with Gasteiger partial charge >= 0.3 is 0 Å². The van der Waals surface area contributed by atoms with Crippen molar-refractivity contribution >= 4 is 49.8 Å². The summed E-state index contributed by atoms with van der Waals surface area (Å²) in [6, 6.07) is 67.0. The van der Waals surface area contributed by atoms with Crippen LogP contribution in [0.1, 0.15) is 0 Å². The van der Waals surface area contributed by atoms with Crippen molar-refractivity contribution in [1.29, 1.82) is 0 Å². The third kappa shape index (κ3) is 5.01. The van der Waals surface area contributed by atoms with E-state index in [0.717, 1.165) is 50.1 Å². The molecule has 8 aromatic carbocycles. The fourth-order valence-electron chi connectivity index (χ4n) is 6.83. The monoisotopic (exact) mass is 613 g/mol. The van der Waals surface area contributed by atoms with Gasteiger partial charge in [0.05, 0.1) is 5.69 Å². The van der Waals surface area contributed by atoms with Gasteiger partial charge in [-0.2, -0.15) is 0 Å². The van der Waals surface area contributed by atoms with Crippen LogP contribution in [0.4, 0.5) is 17.1 Å². The summed E-state index contributed by atoms with van der Waals surface area (Å²) in [5.41, 5.74) is 12.0. The first kappa shape index (κ1) is 27.9. The maximum Gasteiger partial charge on any atom is 0.137 e. The Kier molecular flexibility index (Phi) is 6.84. The van der Waals surface area contributed by atoms with Crippen molar-refractivity contribution in [2.24, 2.45) is 0 Å². The molecule has 0 radical (unpaired) electrons. The molecular weight excluding hydrogens is 583 g/mol. The van der Waals surface area contributed by atoms with E-state index in [1.807, 2.05) is 12.1 Å². The number of hydrogen-bond acceptors (Lipinski definition) is 2. The van der Waals surface area contributed by atoms with E-state index in [-0.39, 0.29) is 0 Å². The fraction of sp³-hybridized carbons (Fsp3) is 0. The molecule has 0 saturated heterocycles. The lowest BCUT2D eigenvalue weighted by atomic mass is 9.98. The van der Waals surface area contributed by atoms with Crippen LogP contribution in [0.15, 0.2) is 192 Å². The van der Waals surface area contributed by atoms with Crippen LogP contribution in [0.25, 0.3) is 66.1 Å².